The van der Waals surface area contributed by atoms with Gasteiger partial charge in [0, 0.05) is 21.2 Å². The summed E-state index contributed by atoms with van der Waals surface area (Å²) in [4.78, 5) is 5.13. The lowest BCUT2D eigenvalue weighted by Gasteiger charge is -2.11. The molecule has 0 fully saturated rings. The molecule has 0 aliphatic carbocycles. The third-order valence-corrected chi connectivity index (χ3v) is 6.80. The first-order valence-electron chi connectivity index (χ1n) is 8.93. The van der Waals surface area contributed by atoms with E-state index in [4.69, 9.17) is 27.9 Å². The molecule has 0 bridgehead atoms. The van der Waals surface area contributed by atoms with Crippen molar-refractivity contribution >= 4 is 62.6 Å². The maximum atomic E-state index is 9.65. The Balaban J connectivity index is 1.55. The van der Waals surface area contributed by atoms with E-state index in [0.717, 1.165) is 25.7 Å². The molecule has 1 aromatic heterocycles. The van der Waals surface area contributed by atoms with Crippen LogP contribution < -0.4 is 4.74 Å². The Bertz CT molecular complexity index is 1240. The molecule has 4 rings (SSSR count). The van der Waals surface area contributed by atoms with Crippen LogP contribution in [0.1, 0.15) is 11.1 Å². The predicted octanol–water partition coefficient (Wildman–Crippen LogP) is 7.84. The Labute approximate surface area is 192 Å². The van der Waals surface area contributed by atoms with Gasteiger partial charge in [-0.05, 0) is 48.2 Å². The summed E-state index contributed by atoms with van der Waals surface area (Å²) in [6, 6.07) is 23.1. The molecule has 148 valence electrons. The quantitative estimate of drug-likeness (QED) is 0.213. The number of benzene rings is 3. The topological polar surface area (TPSA) is 45.9 Å². The Morgan fingerprint density at radius 1 is 1.10 bits per heavy atom. The van der Waals surface area contributed by atoms with Crippen molar-refractivity contribution in [2.24, 2.45) is 0 Å². The number of nitrogens with zero attached hydrogens (tertiary/aromatic N) is 2. The summed E-state index contributed by atoms with van der Waals surface area (Å²) in [6.07, 6.45) is 1.82. The van der Waals surface area contributed by atoms with E-state index in [1.807, 2.05) is 60.7 Å². The average molecular weight is 469 g/mol. The minimum atomic E-state index is 0.299. The number of nitriles is 1. The average Bonchev–Trinajstić information content (AvgIpc) is 3.16. The van der Waals surface area contributed by atoms with E-state index in [0.29, 0.717) is 27.3 Å². The van der Waals surface area contributed by atoms with Crippen LogP contribution >= 0.6 is 46.3 Å². The van der Waals surface area contributed by atoms with Gasteiger partial charge in [0.1, 0.15) is 18.4 Å². The zero-order chi connectivity index (χ0) is 20.9. The van der Waals surface area contributed by atoms with Crippen LogP contribution in [-0.4, -0.2) is 4.98 Å². The van der Waals surface area contributed by atoms with E-state index in [1.54, 1.807) is 23.5 Å². The molecular weight excluding hydrogens is 455 g/mol. The first-order valence-corrected chi connectivity index (χ1v) is 11.3. The largest absolute Gasteiger partial charge is 0.488 e. The van der Waals surface area contributed by atoms with Crippen molar-refractivity contribution in [2.75, 3.05) is 0 Å². The number of rotatable bonds is 6. The van der Waals surface area contributed by atoms with Crippen LogP contribution in [0.15, 0.2) is 76.0 Å². The van der Waals surface area contributed by atoms with Gasteiger partial charge in [0.05, 0.1) is 15.1 Å². The fourth-order valence-corrected chi connectivity index (χ4v) is 5.17. The summed E-state index contributed by atoms with van der Waals surface area (Å²) >= 11 is 15.1. The number of halogens is 2. The van der Waals surface area contributed by atoms with Crippen LogP contribution in [0.3, 0.4) is 0 Å². The van der Waals surface area contributed by atoms with Gasteiger partial charge in [-0.15, -0.1) is 11.3 Å². The summed E-state index contributed by atoms with van der Waals surface area (Å²) in [7, 11) is 0. The molecule has 0 unspecified atom stereocenters. The second-order valence-corrected chi connectivity index (χ2v) is 9.40. The third kappa shape index (κ3) is 4.97. The molecule has 30 heavy (non-hydrogen) atoms. The summed E-state index contributed by atoms with van der Waals surface area (Å²) in [6.45, 7) is 0.299. The summed E-state index contributed by atoms with van der Waals surface area (Å²) in [5, 5.41) is 10.8. The van der Waals surface area contributed by atoms with Crippen LogP contribution in [0, 0.1) is 11.3 Å². The van der Waals surface area contributed by atoms with Crippen molar-refractivity contribution in [3.63, 3.8) is 0 Å². The minimum absolute atomic E-state index is 0.299. The van der Waals surface area contributed by atoms with Crippen molar-refractivity contribution in [3.05, 3.63) is 92.8 Å². The summed E-state index contributed by atoms with van der Waals surface area (Å²) in [5.41, 5.74) is 2.59. The SMILES string of the molecule is N#CC(=Cc1ccccc1OCc1ccc(Cl)cc1Cl)Sc1nc2ccccc2s1. The molecule has 1 heterocycles. The first-order chi connectivity index (χ1) is 14.6. The molecule has 0 spiro atoms. The number of hydrogen-bond acceptors (Lipinski definition) is 5. The number of fused-ring (bicyclic) bond motifs is 1. The van der Waals surface area contributed by atoms with E-state index in [-0.39, 0.29) is 0 Å². The third-order valence-electron chi connectivity index (χ3n) is 4.19. The lowest BCUT2D eigenvalue weighted by atomic mass is 10.2. The molecule has 0 amide bonds. The van der Waals surface area contributed by atoms with Crippen LogP contribution in [0.5, 0.6) is 5.75 Å². The fraction of sp³-hybridized carbons (Fsp3) is 0.0435. The van der Waals surface area contributed by atoms with Gasteiger partial charge in [0.25, 0.3) is 0 Å². The Kier molecular flexibility index (Phi) is 6.61. The highest BCUT2D eigenvalue weighted by Crippen LogP contribution is 2.35. The normalized spacial score (nSPS) is 11.4. The standard InChI is InChI=1S/C23H14Cl2N2OS2/c24-17-10-9-16(19(25)12-17)14-28-21-7-3-1-5-15(21)11-18(13-26)29-23-27-20-6-2-4-8-22(20)30-23/h1-12H,14H2. The van der Waals surface area contributed by atoms with Crippen molar-refractivity contribution in [2.45, 2.75) is 10.9 Å². The van der Waals surface area contributed by atoms with Crippen LogP contribution in [0.25, 0.3) is 16.3 Å². The summed E-state index contributed by atoms with van der Waals surface area (Å²) < 4.78 is 7.91. The van der Waals surface area contributed by atoms with Gasteiger partial charge in [0.2, 0.25) is 0 Å². The molecule has 0 radical (unpaired) electrons. The van der Waals surface area contributed by atoms with Gasteiger partial charge in [-0.25, -0.2) is 4.98 Å². The maximum Gasteiger partial charge on any atom is 0.156 e. The van der Waals surface area contributed by atoms with Crippen LogP contribution in [-0.2, 0) is 6.61 Å². The number of hydrogen-bond donors (Lipinski definition) is 0. The van der Waals surface area contributed by atoms with Gasteiger partial charge >= 0.3 is 0 Å². The Hall–Kier alpha value is -2.49. The van der Waals surface area contributed by atoms with Crippen LogP contribution in [0.2, 0.25) is 10.0 Å². The molecule has 0 atom stereocenters. The fourth-order valence-electron chi connectivity index (χ4n) is 2.74. The van der Waals surface area contributed by atoms with Crippen molar-refractivity contribution in [1.29, 1.82) is 5.26 Å². The van der Waals surface area contributed by atoms with E-state index >= 15 is 0 Å². The zero-order valence-electron chi connectivity index (χ0n) is 15.5. The number of thioether (sulfide) groups is 1. The molecule has 0 N–H and O–H groups in total. The molecule has 3 aromatic carbocycles. The number of ether oxygens (including phenoxy) is 1. The summed E-state index contributed by atoms with van der Waals surface area (Å²) in [5.74, 6) is 0.668. The molecule has 0 aliphatic heterocycles. The van der Waals surface area contributed by atoms with E-state index in [9.17, 15) is 5.26 Å². The van der Waals surface area contributed by atoms with Crippen molar-refractivity contribution in [3.8, 4) is 11.8 Å². The molecule has 0 aliphatic rings. The molecular formula is C23H14Cl2N2OS2. The van der Waals surface area contributed by atoms with Crippen molar-refractivity contribution < 1.29 is 4.74 Å². The van der Waals surface area contributed by atoms with Gasteiger partial charge in [-0.1, -0.05) is 59.6 Å². The smallest absolute Gasteiger partial charge is 0.156 e. The molecule has 7 heteroatoms. The number of allylic oxidation sites excluding steroid dienone is 1. The Morgan fingerprint density at radius 3 is 2.70 bits per heavy atom. The van der Waals surface area contributed by atoms with Crippen molar-refractivity contribution in [1.82, 2.24) is 4.98 Å². The second kappa shape index (κ2) is 9.55. The van der Waals surface area contributed by atoms with E-state index in [2.05, 4.69) is 11.1 Å². The first kappa shape index (κ1) is 20.8. The van der Waals surface area contributed by atoms with E-state index < -0.39 is 0 Å². The molecule has 0 saturated carbocycles. The minimum Gasteiger partial charge on any atom is -0.488 e. The number of thiazole rings is 1. The van der Waals surface area contributed by atoms with Gasteiger partial charge < -0.3 is 4.74 Å². The highest BCUT2D eigenvalue weighted by molar-refractivity contribution is 8.05. The number of para-hydroxylation sites is 2. The van der Waals surface area contributed by atoms with Gasteiger partial charge in [-0.2, -0.15) is 5.26 Å². The van der Waals surface area contributed by atoms with Gasteiger partial charge in [0.15, 0.2) is 4.34 Å². The van der Waals surface area contributed by atoms with Gasteiger partial charge in [-0.3, -0.25) is 0 Å². The lowest BCUT2D eigenvalue weighted by molar-refractivity contribution is 0.305. The highest BCUT2D eigenvalue weighted by atomic mass is 35.5. The lowest BCUT2D eigenvalue weighted by Crippen LogP contribution is -1.98. The Morgan fingerprint density at radius 2 is 1.90 bits per heavy atom. The predicted molar refractivity (Wildman–Crippen MR) is 126 cm³/mol. The maximum absolute atomic E-state index is 9.65. The van der Waals surface area contributed by atoms with E-state index in [1.165, 1.54) is 11.8 Å². The molecule has 0 saturated heterocycles. The molecule has 4 aromatic rings. The monoisotopic (exact) mass is 468 g/mol. The second-order valence-electron chi connectivity index (χ2n) is 6.23. The number of aromatic nitrogens is 1. The highest BCUT2D eigenvalue weighted by Gasteiger charge is 2.10. The van der Waals surface area contributed by atoms with Crippen LogP contribution in [0.4, 0.5) is 0 Å². The zero-order valence-corrected chi connectivity index (χ0v) is 18.7. The molecule has 3 nitrogen and oxygen atoms in total.